The Balaban J connectivity index is 2.68. The van der Waals surface area contributed by atoms with Crippen molar-refractivity contribution in [3.8, 4) is 0 Å². The summed E-state index contributed by atoms with van der Waals surface area (Å²) in [6.45, 7) is 3.48. The lowest BCUT2D eigenvalue weighted by Crippen LogP contribution is -1.94. The van der Waals surface area contributed by atoms with Crippen molar-refractivity contribution in [1.82, 2.24) is 5.09 Å². The fraction of sp³-hybridized carbons (Fsp3) is 0.250. The van der Waals surface area contributed by atoms with Crippen LogP contribution in [-0.4, -0.2) is 12.6 Å². The predicted octanol–water partition coefficient (Wildman–Crippen LogP) is 0.512. The molecule has 1 unspecified atom stereocenters. The van der Waals surface area contributed by atoms with Gasteiger partial charge in [0, 0.05) is 6.16 Å². The smallest absolute Gasteiger partial charge is 0.210 e. The summed E-state index contributed by atoms with van der Waals surface area (Å²) in [5.74, 6) is 0. The van der Waals surface area contributed by atoms with E-state index in [0.717, 1.165) is 6.16 Å². The molecule has 1 N–H and O–H groups in total. The molecule has 40 valence electrons. The molecule has 0 aromatic heterocycles. The van der Waals surface area contributed by atoms with Crippen molar-refractivity contribution in [3.05, 3.63) is 12.7 Å². The fourth-order valence-electron chi connectivity index (χ4n) is 0.173. The van der Waals surface area contributed by atoms with Crippen LogP contribution in [0.25, 0.3) is 0 Å². The van der Waals surface area contributed by atoms with Crippen molar-refractivity contribution in [2.75, 3.05) is 6.16 Å². The quantitative estimate of drug-likeness (QED) is 0.247. The van der Waals surface area contributed by atoms with E-state index in [1.54, 1.807) is 6.08 Å². The summed E-state index contributed by atoms with van der Waals surface area (Å²) < 4.78 is 0. The van der Waals surface area contributed by atoms with E-state index in [2.05, 4.69) is 11.7 Å². The summed E-state index contributed by atoms with van der Waals surface area (Å²) in [4.78, 5) is 9.54. The van der Waals surface area contributed by atoms with E-state index < -0.39 is 0 Å². The first-order valence-corrected chi connectivity index (χ1v) is 3.15. The third-order valence-corrected chi connectivity index (χ3v) is 1.22. The molecule has 0 saturated carbocycles. The van der Waals surface area contributed by atoms with Gasteiger partial charge < -0.3 is 5.09 Å². The molecule has 2 nitrogen and oxygen atoms in total. The summed E-state index contributed by atoms with van der Waals surface area (Å²) in [6.07, 6.45) is 3.34. The van der Waals surface area contributed by atoms with Crippen molar-refractivity contribution in [1.29, 1.82) is 0 Å². The van der Waals surface area contributed by atoms with Gasteiger partial charge in [-0.25, -0.2) is 0 Å². The first-order chi connectivity index (χ1) is 3.41. The van der Waals surface area contributed by atoms with Gasteiger partial charge in [-0.2, -0.15) is 0 Å². The summed E-state index contributed by atoms with van der Waals surface area (Å²) in [6, 6.07) is 0. The molecule has 1 atom stereocenters. The number of rotatable bonds is 4. The molecule has 0 radical (unpaired) electrons. The van der Waals surface area contributed by atoms with Crippen LogP contribution in [0.5, 0.6) is 0 Å². The first-order valence-electron chi connectivity index (χ1n) is 1.94. The van der Waals surface area contributed by atoms with E-state index in [0.29, 0.717) is 15.1 Å². The van der Waals surface area contributed by atoms with E-state index in [1.165, 1.54) is 0 Å². The molecule has 0 aromatic rings. The summed E-state index contributed by atoms with van der Waals surface area (Å²) >= 11 is 0. The van der Waals surface area contributed by atoms with Gasteiger partial charge in [0.1, 0.15) is 0 Å². The molecule has 7 heavy (non-hydrogen) atoms. The zero-order valence-corrected chi connectivity index (χ0v) is 4.98. The van der Waals surface area contributed by atoms with E-state index in [-0.39, 0.29) is 0 Å². The number of nitrogens with one attached hydrogen (secondary N) is 1. The third-order valence-electron chi connectivity index (χ3n) is 0.407. The van der Waals surface area contributed by atoms with Crippen molar-refractivity contribution < 1.29 is 4.79 Å². The van der Waals surface area contributed by atoms with Gasteiger partial charge in [-0.05, 0) is 8.73 Å². The average molecular weight is 117 g/mol. The van der Waals surface area contributed by atoms with Gasteiger partial charge in [0.25, 0.3) is 0 Å². The predicted molar refractivity (Wildman–Crippen MR) is 32.6 cm³/mol. The maximum absolute atomic E-state index is 9.54. The van der Waals surface area contributed by atoms with Crippen molar-refractivity contribution in [2.45, 2.75) is 0 Å². The summed E-state index contributed by atoms with van der Waals surface area (Å²) in [7, 11) is 0.496. The maximum Gasteiger partial charge on any atom is 0.210 e. The molecule has 0 aromatic carbocycles. The van der Waals surface area contributed by atoms with Crippen LogP contribution in [0.3, 0.4) is 0 Å². The first kappa shape index (κ1) is 6.64. The molecule has 0 rings (SSSR count). The van der Waals surface area contributed by atoms with Gasteiger partial charge in [0.2, 0.25) is 6.41 Å². The average Bonchev–Trinajstić information content (AvgIpc) is 1.69. The highest BCUT2D eigenvalue weighted by atomic mass is 31.1. The molecule has 0 aliphatic rings. The summed E-state index contributed by atoms with van der Waals surface area (Å²) in [5.41, 5.74) is 0. The van der Waals surface area contributed by atoms with Gasteiger partial charge >= 0.3 is 0 Å². The Morgan fingerprint density at radius 1 is 1.86 bits per heavy atom. The van der Waals surface area contributed by atoms with Gasteiger partial charge in [-0.3, -0.25) is 4.79 Å². The zero-order valence-electron chi connectivity index (χ0n) is 3.98. The third kappa shape index (κ3) is 5.64. The lowest BCUT2D eigenvalue weighted by atomic mass is 10.8. The van der Waals surface area contributed by atoms with Crippen LogP contribution in [0.15, 0.2) is 12.7 Å². The Kier molecular flexibility index (Phi) is 5.35. The van der Waals surface area contributed by atoms with Crippen LogP contribution in [-0.2, 0) is 4.79 Å². The highest BCUT2D eigenvalue weighted by Crippen LogP contribution is 1.97. The molecule has 0 bridgehead atoms. The number of carbonyl (C=O) groups is 1. The van der Waals surface area contributed by atoms with Crippen LogP contribution >= 0.6 is 8.73 Å². The van der Waals surface area contributed by atoms with Gasteiger partial charge in [-0.15, -0.1) is 6.58 Å². The topological polar surface area (TPSA) is 29.1 Å². The Morgan fingerprint density at radius 3 is 3.00 bits per heavy atom. The minimum absolute atomic E-state index is 0.496. The molecule has 0 aliphatic carbocycles. The van der Waals surface area contributed by atoms with Crippen LogP contribution < -0.4 is 5.09 Å². The highest BCUT2D eigenvalue weighted by Gasteiger charge is 1.72. The minimum atomic E-state index is 0.496. The second-order valence-corrected chi connectivity index (χ2v) is 1.98. The SMILES string of the molecule is C=CCPNC=O. The molecule has 3 heteroatoms. The summed E-state index contributed by atoms with van der Waals surface area (Å²) in [5, 5.41) is 2.53. The van der Waals surface area contributed by atoms with E-state index in [4.69, 9.17) is 0 Å². The van der Waals surface area contributed by atoms with Gasteiger partial charge in [-0.1, -0.05) is 6.08 Å². The number of amides is 1. The Bertz CT molecular complexity index is 56.7. The van der Waals surface area contributed by atoms with E-state index >= 15 is 0 Å². The maximum atomic E-state index is 9.54. The van der Waals surface area contributed by atoms with Crippen molar-refractivity contribution in [2.24, 2.45) is 0 Å². The Hall–Kier alpha value is -0.360. The molecule has 0 aliphatic heterocycles. The van der Waals surface area contributed by atoms with Crippen LogP contribution in [0.2, 0.25) is 0 Å². The normalized spacial score (nSPS) is 9.14. The number of allylic oxidation sites excluding steroid dienone is 1. The number of hydrogen-bond acceptors (Lipinski definition) is 1. The lowest BCUT2D eigenvalue weighted by molar-refractivity contribution is -0.108. The van der Waals surface area contributed by atoms with Gasteiger partial charge in [0.15, 0.2) is 0 Å². The number of hydrogen-bond donors (Lipinski definition) is 1. The largest absolute Gasteiger partial charge is 0.340 e. The highest BCUT2D eigenvalue weighted by molar-refractivity contribution is 7.36. The second kappa shape index (κ2) is 5.64. The molecular formula is C4H8NOP. The minimum Gasteiger partial charge on any atom is -0.340 e. The molecule has 0 saturated heterocycles. The van der Waals surface area contributed by atoms with Crippen LogP contribution in [0.4, 0.5) is 0 Å². The zero-order chi connectivity index (χ0) is 5.54. The molecular weight excluding hydrogens is 109 g/mol. The van der Waals surface area contributed by atoms with E-state index in [1.807, 2.05) is 0 Å². The van der Waals surface area contributed by atoms with Crippen molar-refractivity contribution in [3.63, 3.8) is 0 Å². The Labute approximate surface area is 44.8 Å². The molecule has 0 spiro atoms. The molecule has 1 amide bonds. The van der Waals surface area contributed by atoms with Crippen LogP contribution in [0.1, 0.15) is 0 Å². The second-order valence-electron chi connectivity index (χ2n) is 0.932. The fourth-order valence-corrected chi connectivity index (χ4v) is 0.518. The lowest BCUT2D eigenvalue weighted by Gasteiger charge is -1.87. The van der Waals surface area contributed by atoms with Gasteiger partial charge in [0.05, 0.1) is 0 Å². The molecule has 0 fully saturated rings. The van der Waals surface area contributed by atoms with Crippen LogP contribution in [0, 0.1) is 0 Å². The van der Waals surface area contributed by atoms with Crippen molar-refractivity contribution >= 4 is 15.1 Å². The standard InChI is InChI=1S/C4H8NOP/c1-2-3-7-5-4-6/h2,4,7H,1,3H2,(H,5,6). The Morgan fingerprint density at radius 2 is 2.57 bits per heavy atom. The monoisotopic (exact) mass is 117 g/mol. The molecule has 0 heterocycles. The number of carbonyl (C=O) groups excluding carboxylic acids is 1. The van der Waals surface area contributed by atoms with E-state index in [9.17, 15) is 4.79 Å².